The van der Waals surface area contributed by atoms with E-state index >= 15 is 0 Å². The first-order chi connectivity index (χ1) is 8.93. The smallest absolute Gasteiger partial charge is 0.233 e. The molecular formula is C16H23NOS. The van der Waals surface area contributed by atoms with Gasteiger partial charge in [0.05, 0.1) is 5.75 Å². The monoisotopic (exact) mass is 277 g/mol. The summed E-state index contributed by atoms with van der Waals surface area (Å²) in [4.78, 5) is 15.1. The van der Waals surface area contributed by atoms with Gasteiger partial charge in [-0.15, -0.1) is 11.8 Å². The second-order valence-corrected chi connectivity index (χ2v) is 5.95. The molecule has 0 fully saturated rings. The molecule has 0 bridgehead atoms. The highest BCUT2D eigenvalue weighted by Crippen LogP contribution is 2.21. The van der Waals surface area contributed by atoms with E-state index < -0.39 is 0 Å². The van der Waals surface area contributed by atoms with Gasteiger partial charge in [0.2, 0.25) is 5.91 Å². The molecule has 0 aliphatic heterocycles. The molecule has 0 spiro atoms. The Morgan fingerprint density at radius 1 is 1.32 bits per heavy atom. The molecule has 0 saturated carbocycles. The van der Waals surface area contributed by atoms with E-state index in [1.165, 1.54) is 11.1 Å². The zero-order valence-corrected chi connectivity index (χ0v) is 13.1. The molecule has 2 nitrogen and oxygen atoms in total. The molecule has 1 aromatic rings. The molecule has 0 atom stereocenters. The van der Waals surface area contributed by atoms with Crippen molar-refractivity contribution in [3.63, 3.8) is 0 Å². The number of carbonyl (C=O) groups excluding carboxylic acids is 1. The van der Waals surface area contributed by atoms with Crippen LogP contribution in [-0.4, -0.2) is 29.6 Å². The number of rotatable bonds is 6. The molecule has 0 saturated heterocycles. The minimum atomic E-state index is 0.175. The average molecular weight is 277 g/mol. The molecule has 0 heterocycles. The Morgan fingerprint density at radius 2 is 2.00 bits per heavy atom. The summed E-state index contributed by atoms with van der Waals surface area (Å²) in [7, 11) is 0. The van der Waals surface area contributed by atoms with E-state index in [9.17, 15) is 4.79 Å². The second kappa shape index (κ2) is 7.39. The van der Waals surface area contributed by atoms with Gasteiger partial charge in [0.1, 0.15) is 0 Å². The van der Waals surface area contributed by atoms with E-state index in [0.717, 1.165) is 17.0 Å². The Morgan fingerprint density at radius 3 is 2.53 bits per heavy atom. The maximum atomic E-state index is 12.1. The molecule has 1 aromatic carbocycles. The molecule has 1 amide bonds. The lowest BCUT2D eigenvalue weighted by Crippen LogP contribution is -2.33. The molecular weight excluding hydrogens is 254 g/mol. The Hall–Kier alpha value is -1.22. The van der Waals surface area contributed by atoms with E-state index in [1.807, 2.05) is 18.7 Å². The van der Waals surface area contributed by atoms with Gasteiger partial charge in [-0.25, -0.2) is 0 Å². The highest BCUT2D eigenvalue weighted by molar-refractivity contribution is 8.00. The number of hydrogen-bond acceptors (Lipinski definition) is 2. The van der Waals surface area contributed by atoms with Gasteiger partial charge in [-0.2, -0.15) is 0 Å². The summed E-state index contributed by atoms with van der Waals surface area (Å²) < 4.78 is 0. The van der Waals surface area contributed by atoms with Gasteiger partial charge in [-0.05, 0) is 51.0 Å². The van der Waals surface area contributed by atoms with Crippen molar-refractivity contribution in [2.45, 2.75) is 32.6 Å². The lowest BCUT2D eigenvalue weighted by atomic mass is 10.1. The van der Waals surface area contributed by atoms with Crippen molar-refractivity contribution in [3.8, 4) is 0 Å². The normalized spacial score (nSPS) is 10.3. The number of hydrogen-bond donors (Lipinski definition) is 0. The Balaban J connectivity index is 2.57. The molecule has 3 heteroatoms. The van der Waals surface area contributed by atoms with Gasteiger partial charge in [0.25, 0.3) is 0 Å². The minimum Gasteiger partial charge on any atom is -0.338 e. The van der Waals surface area contributed by atoms with Crippen LogP contribution in [-0.2, 0) is 4.79 Å². The van der Waals surface area contributed by atoms with Crippen LogP contribution >= 0.6 is 11.8 Å². The molecule has 19 heavy (non-hydrogen) atoms. The standard InChI is InChI=1S/C16H23NOS/c1-6-17(10-12(2)3)16(18)11-19-15-8-7-13(4)14(5)9-15/h7-9H,2,6,10-11H2,1,3-5H3. The van der Waals surface area contributed by atoms with Gasteiger partial charge in [0, 0.05) is 18.0 Å². The van der Waals surface area contributed by atoms with Crippen LogP contribution in [0.15, 0.2) is 35.2 Å². The van der Waals surface area contributed by atoms with E-state index in [2.05, 4.69) is 38.6 Å². The lowest BCUT2D eigenvalue weighted by molar-refractivity contribution is -0.127. The van der Waals surface area contributed by atoms with E-state index in [-0.39, 0.29) is 5.91 Å². The maximum absolute atomic E-state index is 12.1. The van der Waals surface area contributed by atoms with E-state index in [1.54, 1.807) is 11.8 Å². The Kier molecular flexibility index (Phi) is 6.16. The van der Waals surface area contributed by atoms with Crippen LogP contribution in [0.25, 0.3) is 0 Å². The number of nitrogens with zero attached hydrogens (tertiary/aromatic N) is 1. The number of thioether (sulfide) groups is 1. The van der Waals surface area contributed by atoms with Crippen LogP contribution in [0.3, 0.4) is 0 Å². The van der Waals surface area contributed by atoms with Crippen molar-refractivity contribution < 1.29 is 4.79 Å². The highest BCUT2D eigenvalue weighted by Gasteiger charge is 2.11. The molecule has 0 aliphatic carbocycles. The second-order valence-electron chi connectivity index (χ2n) is 4.90. The number of carbonyl (C=O) groups is 1. The van der Waals surface area contributed by atoms with Crippen LogP contribution in [0, 0.1) is 13.8 Å². The number of amides is 1. The van der Waals surface area contributed by atoms with Crippen LogP contribution in [0.4, 0.5) is 0 Å². The average Bonchev–Trinajstić information content (AvgIpc) is 2.36. The third-order valence-corrected chi connectivity index (χ3v) is 4.01. The molecule has 1 rings (SSSR count). The van der Waals surface area contributed by atoms with Crippen molar-refractivity contribution in [3.05, 3.63) is 41.5 Å². The molecule has 0 unspecified atom stereocenters. The zero-order valence-electron chi connectivity index (χ0n) is 12.3. The summed E-state index contributed by atoms with van der Waals surface area (Å²) in [5.41, 5.74) is 3.58. The van der Waals surface area contributed by atoms with Gasteiger partial charge >= 0.3 is 0 Å². The molecule has 0 aromatic heterocycles. The summed E-state index contributed by atoms with van der Waals surface area (Å²) in [6, 6.07) is 6.32. The van der Waals surface area contributed by atoms with Crippen LogP contribution < -0.4 is 0 Å². The van der Waals surface area contributed by atoms with Gasteiger partial charge in [-0.1, -0.05) is 18.2 Å². The van der Waals surface area contributed by atoms with Crippen LogP contribution in [0.5, 0.6) is 0 Å². The minimum absolute atomic E-state index is 0.175. The fourth-order valence-corrected chi connectivity index (χ4v) is 2.64. The maximum Gasteiger partial charge on any atom is 0.233 e. The predicted octanol–water partition coefficient (Wildman–Crippen LogP) is 3.82. The SMILES string of the molecule is C=C(C)CN(CC)C(=O)CSc1ccc(C)c(C)c1. The van der Waals surface area contributed by atoms with Gasteiger partial charge in [-0.3, -0.25) is 4.79 Å². The lowest BCUT2D eigenvalue weighted by Gasteiger charge is -2.20. The largest absolute Gasteiger partial charge is 0.338 e. The molecule has 0 aliphatic rings. The van der Waals surface area contributed by atoms with Crippen molar-refractivity contribution in [1.29, 1.82) is 0 Å². The van der Waals surface area contributed by atoms with Crippen LogP contribution in [0.1, 0.15) is 25.0 Å². The fraction of sp³-hybridized carbons (Fsp3) is 0.438. The topological polar surface area (TPSA) is 20.3 Å². The number of aryl methyl sites for hydroxylation is 2. The number of benzene rings is 1. The third kappa shape index (κ3) is 5.11. The van der Waals surface area contributed by atoms with Crippen molar-refractivity contribution in [2.75, 3.05) is 18.8 Å². The number of likely N-dealkylation sites (N-methyl/N-ethyl adjacent to an activating group) is 1. The highest BCUT2D eigenvalue weighted by atomic mass is 32.2. The first-order valence-corrected chi connectivity index (χ1v) is 7.54. The summed E-state index contributed by atoms with van der Waals surface area (Å²) >= 11 is 1.60. The van der Waals surface area contributed by atoms with Crippen molar-refractivity contribution in [2.24, 2.45) is 0 Å². The van der Waals surface area contributed by atoms with E-state index in [0.29, 0.717) is 12.3 Å². The summed E-state index contributed by atoms with van der Waals surface area (Å²) in [5, 5.41) is 0. The van der Waals surface area contributed by atoms with Crippen molar-refractivity contribution in [1.82, 2.24) is 4.90 Å². The van der Waals surface area contributed by atoms with E-state index in [4.69, 9.17) is 0 Å². The molecule has 0 N–H and O–H groups in total. The van der Waals surface area contributed by atoms with Gasteiger partial charge in [0.15, 0.2) is 0 Å². The Labute approximate surface area is 120 Å². The van der Waals surface area contributed by atoms with Crippen LogP contribution in [0.2, 0.25) is 0 Å². The van der Waals surface area contributed by atoms with Crippen molar-refractivity contribution >= 4 is 17.7 Å². The zero-order chi connectivity index (χ0) is 14.4. The first kappa shape index (κ1) is 15.8. The summed E-state index contributed by atoms with van der Waals surface area (Å²) in [5.74, 6) is 0.664. The molecule has 0 radical (unpaired) electrons. The predicted molar refractivity (Wildman–Crippen MR) is 83.7 cm³/mol. The third-order valence-electron chi connectivity index (χ3n) is 3.04. The van der Waals surface area contributed by atoms with Gasteiger partial charge < -0.3 is 4.90 Å². The fourth-order valence-electron chi connectivity index (χ4n) is 1.74. The quantitative estimate of drug-likeness (QED) is 0.582. The summed E-state index contributed by atoms with van der Waals surface area (Å²) in [6.45, 7) is 13.4. The molecule has 104 valence electrons. The summed E-state index contributed by atoms with van der Waals surface area (Å²) in [6.07, 6.45) is 0. The Bertz CT molecular complexity index is 468. The first-order valence-electron chi connectivity index (χ1n) is 6.56.